The fraction of sp³-hybridized carbons (Fsp3) is 0.190. The zero-order valence-corrected chi connectivity index (χ0v) is 15.1. The minimum Gasteiger partial charge on any atom is -0.284 e. The van der Waals surface area contributed by atoms with Gasteiger partial charge in [0.25, 0.3) is 0 Å². The smallest absolute Gasteiger partial charge is 0.0697 e. The average molecular weight is 363 g/mol. The molecule has 0 aliphatic carbocycles. The van der Waals surface area contributed by atoms with E-state index in [-0.39, 0.29) is 0 Å². The van der Waals surface area contributed by atoms with Crippen molar-refractivity contribution >= 4 is 22.9 Å². The number of nitrogens with one attached hydrogen (secondary N) is 1. The van der Waals surface area contributed by atoms with Crippen molar-refractivity contribution in [1.82, 2.24) is 15.2 Å². The molecule has 0 amide bonds. The molecule has 1 aliphatic heterocycles. The fourth-order valence-electron chi connectivity index (χ4n) is 3.32. The second-order valence-corrected chi connectivity index (χ2v) is 6.74. The molecule has 0 atom stereocenters. The molecule has 1 N–H and O–H groups in total. The lowest BCUT2D eigenvalue weighted by molar-refractivity contribution is 0.813. The van der Waals surface area contributed by atoms with E-state index >= 15 is 0 Å². The number of aromatic amines is 1. The molecule has 0 fully saturated rings. The summed E-state index contributed by atoms with van der Waals surface area (Å²) in [6, 6.07) is 14.1. The van der Waals surface area contributed by atoms with E-state index in [0.29, 0.717) is 0 Å². The number of hydrogen-bond acceptors (Lipinski definition) is 3. The molecule has 4 nitrogen and oxygen atoms in total. The number of nitrogens with zero attached hydrogens (tertiary/aromatic N) is 3. The Morgan fingerprint density at radius 1 is 1.08 bits per heavy atom. The molecular weight excluding hydrogens is 344 g/mol. The molecule has 2 aromatic heterocycles. The van der Waals surface area contributed by atoms with Crippen LogP contribution in [0.1, 0.15) is 29.7 Å². The van der Waals surface area contributed by atoms with Crippen LogP contribution < -0.4 is 0 Å². The molecule has 0 spiro atoms. The van der Waals surface area contributed by atoms with Gasteiger partial charge in [0.1, 0.15) is 0 Å². The van der Waals surface area contributed by atoms with Crippen molar-refractivity contribution < 1.29 is 0 Å². The van der Waals surface area contributed by atoms with Crippen LogP contribution >= 0.6 is 11.6 Å². The molecule has 1 aromatic carbocycles. The highest BCUT2D eigenvalue weighted by Gasteiger charge is 2.20. The highest BCUT2D eigenvalue weighted by atomic mass is 35.5. The predicted octanol–water partition coefficient (Wildman–Crippen LogP) is 4.74. The van der Waals surface area contributed by atoms with Gasteiger partial charge in [0.2, 0.25) is 0 Å². The van der Waals surface area contributed by atoms with Crippen molar-refractivity contribution in [3.8, 4) is 0 Å². The van der Waals surface area contributed by atoms with Crippen LogP contribution in [0.3, 0.4) is 0 Å². The third-order valence-corrected chi connectivity index (χ3v) is 4.81. The Hall–Kier alpha value is -2.72. The number of rotatable bonds is 4. The number of hydrogen-bond donors (Lipinski definition) is 1. The van der Waals surface area contributed by atoms with E-state index in [2.05, 4.69) is 33.4 Å². The first-order chi connectivity index (χ1) is 12.8. The summed E-state index contributed by atoms with van der Waals surface area (Å²) < 4.78 is 0. The monoisotopic (exact) mass is 362 g/mol. The second kappa shape index (κ2) is 7.67. The van der Waals surface area contributed by atoms with Crippen LogP contribution in [0, 0.1) is 0 Å². The van der Waals surface area contributed by atoms with Gasteiger partial charge in [-0.3, -0.25) is 15.1 Å². The summed E-state index contributed by atoms with van der Waals surface area (Å²) in [5, 5.41) is 8.04. The third kappa shape index (κ3) is 3.60. The number of allylic oxidation sites excluding steroid dienone is 2. The Kier molecular flexibility index (Phi) is 4.93. The summed E-state index contributed by atoms with van der Waals surface area (Å²) in [5.41, 5.74) is 6.85. The molecule has 1 aliphatic rings. The fourth-order valence-corrected chi connectivity index (χ4v) is 3.44. The Labute approximate surface area is 157 Å². The number of halogens is 1. The van der Waals surface area contributed by atoms with Crippen molar-refractivity contribution in [2.75, 3.05) is 6.54 Å². The van der Waals surface area contributed by atoms with Crippen LogP contribution in [0.5, 0.6) is 0 Å². The normalized spacial score (nSPS) is 16.3. The van der Waals surface area contributed by atoms with E-state index in [9.17, 15) is 0 Å². The predicted molar refractivity (Wildman–Crippen MR) is 106 cm³/mol. The lowest BCUT2D eigenvalue weighted by Gasteiger charge is -2.21. The topological polar surface area (TPSA) is 53.9 Å². The van der Waals surface area contributed by atoms with Crippen LogP contribution in [0.4, 0.5) is 0 Å². The van der Waals surface area contributed by atoms with Crippen molar-refractivity contribution in [2.45, 2.75) is 19.3 Å². The van der Waals surface area contributed by atoms with Crippen LogP contribution in [-0.4, -0.2) is 27.4 Å². The first kappa shape index (κ1) is 16.7. The third-order valence-electron chi connectivity index (χ3n) is 4.56. The lowest BCUT2D eigenvalue weighted by atomic mass is 9.88. The molecule has 130 valence electrons. The molecule has 3 aromatic rings. The maximum atomic E-state index is 6.05. The van der Waals surface area contributed by atoms with E-state index in [0.717, 1.165) is 47.8 Å². The first-order valence-electron chi connectivity index (χ1n) is 8.73. The molecule has 0 saturated heterocycles. The maximum Gasteiger partial charge on any atom is 0.0697 e. The molecule has 26 heavy (non-hydrogen) atoms. The number of aromatic nitrogens is 3. The maximum absolute atomic E-state index is 6.05. The summed E-state index contributed by atoms with van der Waals surface area (Å²) in [5.74, 6) is 0. The minimum atomic E-state index is 0.750. The van der Waals surface area contributed by atoms with E-state index in [1.54, 1.807) is 12.4 Å². The summed E-state index contributed by atoms with van der Waals surface area (Å²) in [6.45, 7) is 0.852. The lowest BCUT2D eigenvalue weighted by Crippen LogP contribution is -2.15. The zero-order chi connectivity index (χ0) is 17.8. The first-order valence-corrected chi connectivity index (χ1v) is 9.10. The van der Waals surface area contributed by atoms with E-state index in [1.807, 2.05) is 30.5 Å². The van der Waals surface area contributed by atoms with Gasteiger partial charge in [-0.15, -0.1) is 0 Å². The van der Waals surface area contributed by atoms with Crippen LogP contribution in [0.15, 0.2) is 71.6 Å². The standard InChI is InChI=1S/C21H19ClN4/c22-17-7-5-15(6-8-17)13-19(20-9-12-25-26-20)18-4-2-11-24-21(18)16-3-1-10-23-14-16/h1,3,5-10,12,14H,2,4,11,13H2,(H,25,26). The molecule has 0 saturated carbocycles. The Morgan fingerprint density at radius 3 is 2.69 bits per heavy atom. The Morgan fingerprint density at radius 2 is 1.96 bits per heavy atom. The molecule has 0 unspecified atom stereocenters. The van der Waals surface area contributed by atoms with Crippen LogP contribution in [0.2, 0.25) is 5.02 Å². The van der Waals surface area contributed by atoms with E-state index in [1.165, 1.54) is 16.7 Å². The molecule has 5 heteroatoms. The van der Waals surface area contributed by atoms with Gasteiger partial charge >= 0.3 is 0 Å². The van der Waals surface area contributed by atoms with Crippen molar-refractivity contribution in [2.24, 2.45) is 4.99 Å². The van der Waals surface area contributed by atoms with Gasteiger partial charge in [-0.25, -0.2) is 0 Å². The molecule has 3 heterocycles. The molecule has 0 bridgehead atoms. The van der Waals surface area contributed by atoms with Gasteiger partial charge in [0.05, 0.1) is 11.4 Å². The largest absolute Gasteiger partial charge is 0.284 e. The van der Waals surface area contributed by atoms with Gasteiger partial charge in [-0.2, -0.15) is 5.10 Å². The molecule has 0 radical (unpaired) electrons. The van der Waals surface area contributed by atoms with Crippen molar-refractivity contribution in [3.63, 3.8) is 0 Å². The van der Waals surface area contributed by atoms with Gasteiger partial charge < -0.3 is 0 Å². The summed E-state index contributed by atoms with van der Waals surface area (Å²) in [6.07, 6.45) is 8.32. The Balaban J connectivity index is 1.81. The molecular formula is C21H19ClN4. The number of benzene rings is 1. The van der Waals surface area contributed by atoms with E-state index in [4.69, 9.17) is 16.6 Å². The van der Waals surface area contributed by atoms with Crippen LogP contribution in [0.25, 0.3) is 5.57 Å². The molecule has 4 rings (SSSR count). The van der Waals surface area contributed by atoms with Crippen molar-refractivity contribution in [1.29, 1.82) is 0 Å². The van der Waals surface area contributed by atoms with Crippen LogP contribution in [-0.2, 0) is 6.42 Å². The number of aliphatic imine (C=N–C) groups is 1. The number of pyridine rings is 1. The van der Waals surface area contributed by atoms with Gasteiger partial charge in [0.15, 0.2) is 0 Å². The SMILES string of the molecule is Clc1ccc(CC(=C2CCCN=C2c2cccnc2)c2ccn[nH]2)cc1. The minimum absolute atomic E-state index is 0.750. The van der Waals surface area contributed by atoms with Crippen molar-refractivity contribution in [3.05, 3.63) is 88.5 Å². The summed E-state index contributed by atoms with van der Waals surface area (Å²) in [7, 11) is 0. The average Bonchev–Trinajstić information content (AvgIpc) is 3.23. The summed E-state index contributed by atoms with van der Waals surface area (Å²) in [4.78, 5) is 9.10. The van der Waals surface area contributed by atoms with Gasteiger partial charge in [-0.05, 0) is 66.3 Å². The summed E-state index contributed by atoms with van der Waals surface area (Å²) >= 11 is 6.05. The van der Waals surface area contributed by atoms with E-state index < -0.39 is 0 Å². The Bertz CT molecular complexity index is 926. The zero-order valence-electron chi connectivity index (χ0n) is 14.3. The highest BCUT2D eigenvalue weighted by Crippen LogP contribution is 2.30. The highest BCUT2D eigenvalue weighted by molar-refractivity contribution is 6.30. The number of H-pyrrole nitrogens is 1. The van der Waals surface area contributed by atoms with Gasteiger partial charge in [-0.1, -0.05) is 23.7 Å². The quantitative estimate of drug-likeness (QED) is 0.728. The second-order valence-electron chi connectivity index (χ2n) is 6.31. The van der Waals surface area contributed by atoms with Gasteiger partial charge in [0, 0.05) is 35.7 Å².